The third-order valence-electron chi connectivity index (χ3n) is 1.57. The normalized spacial score (nSPS) is 10.1. The first kappa shape index (κ1) is 10.3. The van der Waals surface area contributed by atoms with Crippen molar-refractivity contribution in [2.24, 2.45) is 0 Å². The number of benzene rings is 1. The zero-order valence-corrected chi connectivity index (χ0v) is 8.07. The van der Waals surface area contributed by atoms with Gasteiger partial charge in [0.2, 0.25) is 0 Å². The number of hydrogen-bond acceptors (Lipinski definition) is 2. The monoisotopic (exact) mass is 203 g/mol. The maximum Gasteiger partial charge on any atom is 0.147 e. The van der Waals surface area contributed by atoms with Gasteiger partial charge in [-0.3, -0.25) is 0 Å². The van der Waals surface area contributed by atoms with Crippen LogP contribution in [0, 0.1) is 5.82 Å². The number of nitrogens with one attached hydrogen (secondary N) is 1. The molecule has 0 saturated heterocycles. The van der Waals surface area contributed by atoms with Gasteiger partial charge in [-0.1, -0.05) is 17.7 Å². The Morgan fingerprint density at radius 3 is 2.92 bits per heavy atom. The van der Waals surface area contributed by atoms with Gasteiger partial charge in [-0.2, -0.15) is 0 Å². The van der Waals surface area contributed by atoms with E-state index in [2.05, 4.69) is 5.32 Å². The molecule has 0 aliphatic heterocycles. The Morgan fingerprint density at radius 1 is 1.54 bits per heavy atom. The van der Waals surface area contributed by atoms with Gasteiger partial charge in [0.05, 0.1) is 17.3 Å². The summed E-state index contributed by atoms with van der Waals surface area (Å²) < 4.78 is 17.9. The first-order valence-corrected chi connectivity index (χ1v) is 4.30. The topological polar surface area (TPSA) is 21.3 Å². The summed E-state index contributed by atoms with van der Waals surface area (Å²) in [6.45, 7) is 1.06. The Hall–Kier alpha value is -0.800. The van der Waals surface area contributed by atoms with Crippen LogP contribution >= 0.6 is 11.6 Å². The fourth-order valence-corrected chi connectivity index (χ4v) is 1.17. The molecule has 0 aromatic heterocycles. The van der Waals surface area contributed by atoms with Crippen molar-refractivity contribution in [3.8, 4) is 0 Å². The second-order valence-electron chi connectivity index (χ2n) is 2.52. The predicted octanol–water partition coefficient (Wildman–Crippen LogP) is 2.54. The minimum atomic E-state index is -0.344. The third kappa shape index (κ3) is 2.86. The molecule has 72 valence electrons. The van der Waals surface area contributed by atoms with E-state index in [1.165, 1.54) is 6.07 Å². The van der Waals surface area contributed by atoms with Crippen molar-refractivity contribution in [1.29, 1.82) is 0 Å². The van der Waals surface area contributed by atoms with E-state index >= 15 is 0 Å². The molecule has 0 aliphatic carbocycles. The average Bonchev–Trinajstić information content (AvgIpc) is 2.10. The van der Waals surface area contributed by atoms with E-state index < -0.39 is 0 Å². The average molecular weight is 204 g/mol. The van der Waals surface area contributed by atoms with Crippen LogP contribution < -0.4 is 5.32 Å². The van der Waals surface area contributed by atoms with Gasteiger partial charge in [0.25, 0.3) is 0 Å². The maximum absolute atomic E-state index is 13.1. The number of ether oxygens (including phenoxy) is 1. The van der Waals surface area contributed by atoms with E-state index in [4.69, 9.17) is 16.3 Å². The summed E-state index contributed by atoms with van der Waals surface area (Å²) in [5, 5.41) is 3.24. The lowest BCUT2D eigenvalue weighted by Gasteiger charge is -2.08. The van der Waals surface area contributed by atoms with E-state index in [1.54, 1.807) is 19.2 Å². The van der Waals surface area contributed by atoms with Gasteiger partial charge in [-0.15, -0.1) is 0 Å². The summed E-state index contributed by atoms with van der Waals surface area (Å²) in [4.78, 5) is 0. The van der Waals surface area contributed by atoms with Gasteiger partial charge in [0, 0.05) is 13.7 Å². The molecule has 0 atom stereocenters. The van der Waals surface area contributed by atoms with Crippen molar-refractivity contribution in [2.45, 2.75) is 0 Å². The van der Waals surface area contributed by atoms with Crippen molar-refractivity contribution in [3.63, 3.8) is 0 Å². The van der Waals surface area contributed by atoms with E-state index in [0.29, 0.717) is 23.9 Å². The molecule has 2 nitrogen and oxygen atoms in total. The number of methoxy groups -OCH3 is 1. The van der Waals surface area contributed by atoms with Crippen molar-refractivity contribution in [2.75, 3.05) is 25.6 Å². The molecule has 0 bridgehead atoms. The second kappa shape index (κ2) is 5.04. The number of halogens is 2. The van der Waals surface area contributed by atoms with Crippen LogP contribution in [-0.2, 0) is 4.74 Å². The van der Waals surface area contributed by atoms with Gasteiger partial charge in [-0.05, 0) is 12.1 Å². The molecule has 0 fully saturated rings. The molecule has 0 unspecified atom stereocenters. The molecule has 0 aliphatic rings. The predicted molar refractivity (Wildman–Crippen MR) is 51.8 cm³/mol. The fourth-order valence-electron chi connectivity index (χ4n) is 0.945. The Morgan fingerprint density at radius 2 is 2.31 bits per heavy atom. The summed E-state index contributed by atoms with van der Waals surface area (Å²) in [6.07, 6.45) is 0. The molecule has 1 rings (SSSR count). The van der Waals surface area contributed by atoms with E-state index in [-0.39, 0.29) is 5.82 Å². The summed E-state index contributed by atoms with van der Waals surface area (Å²) in [5.41, 5.74) is 0.334. The Labute approximate surface area is 81.7 Å². The molecule has 0 radical (unpaired) electrons. The van der Waals surface area contributed by atoms with Crippen LogP contribution in [0.2, 0.25) is 5.02 Å². The summed E-state index contributed by atoms with van der Waals surface area (Å²) in [5.74, 6) is -0.344. The quantitative estimate of drug-likeness (QED) is 0.760. The molecule has 0 amide bonds. The largest absolute Gasteiger partial charge is 0.383 e. The van der Waals surface area contributed by atoms with Crippen LogP contribution in [0.4, 0.5) is 10.1 Å². The Balaban J connectivity index is 2.64. The zero-order valence-electron chi connectivity index (χ0n) is 7.31. The summed E-state index contributed by atoms with van der Waals surface area (Å²) in [7, 11) is 1.59. The highest BCUT2D eigenvalue weighted by atomic mass is 35.5. The van der Waals surface area contributed by atoms with Crippen LogP contribution in [-0.4, -0.2) is 20.3 Å². The lowest BCUT2D eigenvalue weighted by Crippen LogP contribution is -2.09. The van der Waals surface area contributed by atoms with E-state index in [0.717, 1.165) is 0 Å². The number of para-hydroxylation sites is 1. The highest BCUT2D eigenvalue weighted by molar-refractivity contribution is 6.33. The van der Waals surface area contributed by atoms with Gasteiger partial charge in [0.15, 0.2) is 0 Å². The van der Waals surface area contributed by atoms with Gasteiger partial charge >= 0.3 is 0 Å². The van der Waals surface area contributed by atoms with E-state index in [9.17, 15) is 4.39 Å². The number of rotatable bonds is 4. The second-order valence-corrected chi connectivity index (χ2v) is 2.92. The summed E-state index contributed by atoms with van der Waals surface area (Å²) in [6, 6.07) is 4.57. The van der Waals surface area contributed by atoms with Crippen molar-refractivity contribution < 1.29 is 9.13 Å². The van der Waals surface area contributed by atoms with E-state index in [1.807, 2.05) is 0 Å². The van der Waals surface area contributed by atoms with Crippen LogP contribution in [0.15, 0.2) is 18.2 Å². The van der Waals surface area contributed by atoms with Gasteiger partial charge in [0.1, 0.15) is 5.82 Å². The molecular formula is C9H11ClFNO. The molecule has 1 aromatic rings. The lowest BCUT2D eigenvalue weighted by molar-refractivity contribution is 0.210. The molecule has 4 heteroatoms. The summed E-state index contributed by atoms with van der Waals surface area (Å²) >= 11 is 5.77. The van der Waals surface area contributed by atoms with Gasteiger partial charge < -0.3 is 10.1 Å². The molecule has 1 aromatic carbocycles. The van der Waals surface area contributed by atoms with Crippen LogP contribution in [0.25, 0.3) is 0 Å². The molecule has 13 heavy (non-hydrogen) atoms. The van der Waals surface area contributed by atoms with Gasteiger partial charge in [-0.25, -0.2) is 4.39 Å². The van der Waals surface area contributed by atoms with Crippen LogP contribution in [0.3, 0.4) is 0 Å². The first-order valence-electron chi connectivity index (χ1n) is 3.92. The van der Waals surface area contributed by atoms with Crippen molar-refractivity contribution >= 4 is 17.3 Å². The van der Waals surface area contributed by atoms with Crippen molar-refractivity contribution in [3.05, 3.63) is 29.0 Å². The maximum atomic E-state index is 13.1. The first-order chi connectivity index (χ1) is 6.25. The van der Waals surface area contributed by atoms with Crippen LogP contribution in [0.5, 0.6) is 0 Å². The molecule has 0 spiro atoms. The third-order valence-corrected chi connectivity index (χ3v) is 1.89. The Bertz CT molecular complexity index is 260. The number of hydrogen-bond donors (Lipinski definition) is 1. The molecule has 1 N–H and O–H groups in total. The standard InChI is InChI=1S/C9H11ClFNO/c1-13-6-5-12-9-7(10)3-2-4-8(9)11/h2-4,12H,5-6H2,1H3. The van der Waals surface area contributed by atoms with Crippen LogP contribution in [0.1, 0.15) is 0 Å². The Kier molecular flexibility index (Phi) is 3.99. The molecular weight excluding hydrogens is 193 g/mol. The fraction of sp³-hybridized carbons (Fsp3) is 0.333. The lowest BCUT2D eigenvalue weighted by atomic mass is 10.3. The SMILES string of the molecule is COCCNc1c(F)cccc1Cl. The smallest absolute Gasteiger partial charge is 0.147 e. The highest BCUT2D eigenvalue weighted by Gasteiger charge is 2.04. The molecule has 0 heterocycles. The minimum absolute atomic E-state index is 0.334. The minimum Gasteiger partial charge on any atom is -0.383 e. The zero-order chi connectivity index (χ0) is 9.68. The highest BCUT2D eigenvalue weighted by Crippen LogP contribution is 2.23. The molecule has 0 saturated carbocycles. The number of anilines is 1. The van der Waals surface area contributed by atoms with Crippen molar-refractivity contribution in [1.82, 2.24) is 0 Å².